The second-order valence-electron chi connectivity index (χ2n) is 8.15. The summed E-state index contributed by atoms with van der Waals surface area (Å²) >= 11 is 3.36. The second-order valence-corrected chi connectivity index (χ2v) is 11.0. The molecule has 1 aliphatic heterocycles. The van der Waals surface area contributed by atoms with Crippen LogP contribution < -0.4 is 5.32 Å². The van der Waals surface area contributed by atoms with E-state index >= 15 is 0 Å². The molecule has 2 aromatic carbocycles. The highest BCUT2D eigenvalue weighted by Gasteiger charge is 2.31. The van der Waals surface area contributed by atoms with Gasteiger partial charge in [0.15, 0.2) is 0 Å². The van der Waals surface area contributed by atoms with E-state index in [1.54, 1.807) is 0 Å². The van der Waals surface area contributed by atoms with Crippen molar-refractivity contribution in [3.8, 4) is 0 Å². The van der Waals surface area contributed by atoms with Gasteiger partial charge >= 0.3 is 0 Å². The third kappa shape index (κ3) is 5.71. The molecular formula is C23H29BrN2O3S. The highest BCUT2D eigenvalue weighted by Crippen LogP contribution is 2.24. The summed E-state index contributed by atoms with van der Waals surface area (Å²) in [6.07, 6.45) is 1.09. The lowest BCUT2D eigenvalue weighted by molar-refractivity contribution is -0.126. The number of piperidine rings is 1. The first kappa shape index (κ1) is 23.0. The third-order valence-electron chi connectivity index (χ3n) is 5.73. The first-order valence-electron chi connectivity index (χ1n) is 10.3. The van der Waals surface area contributed by atoms with Crippen LogP contribution in [0.2, 0.25) is 0 Å². The van der Waals surface area contributed by atoms with E-state index in [2.05, 4.69) is 53.3 Å². The molecule has 1 amide bonds. The first-order valence-corrected chi connectivity index (χ1v) is 12.7. The number of carbonyl (C=O) groups is 1. The Morgan fingerprint density at radius 1 is 1.13 bits per heavy atom. The van der Waals surface area contributed by atoms with Crippen LogP contribution in [0.3, 0.4) is 0 Å². The van der Waals surface area contributed by atoms with Gasteiger partial charge in [0, 0.05) is 23.5 Å². The Morgan fingerprint density at radius 3 is 2.37 bits per heavy atom. The highest BCUT2D eigenvalue weighted by molar-refractivity contribution is 9.10. The number of amides is 1. The molecule has 0 unspecified atom stereocenters. The van der Waals surface area contributed by atoms with Gasteiger partial charge in [0.05, 0.1) is 11.8 Å². The maximum absolute atomic E-state index is 12.8. The number of halogens is 1. The molecule has 1 aliphatic rings. The van der Waals surface area contributed by atoms with Gasteiger partial charge in [0.25, 0.3) is 0 Å². The molecule has 1 atom stereocenters. The molecule has 0 radical (unpaired) electrons. The Kier molecular flexibility index (Phi) is 7.37. The average molecular weight is 493 g/mol. The lowest BCUT2D eigenvalue weighted by Crippen LogP contribution is -2.43. The van der Waals surface area contributed by atoms with Gasteiger partial charge in [-0.1, -0.05) is 51.8 Å². The lowest BCUT2D eigenvalue weighted by atomic mass is 9.95. The minimum Gasteiger partial charge on any atom is -0.349 e. The Hall–Kier alpha value is -1.70. The number of benzene rings is 2. The molecule has 162 valence electrons. The summed E-state index contributed by atoms with van der Waals surface area (Å²) in [5.41, 5.74) is 4.24. The van der Waals surface area contributed by atoms with E-state index in [4.69, 9.17) is 0 Å². The molecule has 0 spiro atoms. The average Bonchev–Trinajstić information content (AvgIpc) is 2.69. The van der Waals surface area contributed by atoms with E-state index in [0.717, 1.165) is 21.2 Å². The van der Waals surface area contributed by atoms with Crippen LogP contribution in [-0.2, 0) is 20.6 Å². The van der Waals surface area contributed by atoms with E-state index in [0.29, 0.717) is 25.9 Å². The van der Waals surface area contributed by atoms with Crippen LogP contribution in [0.15, 0.2) is 46.9 Å². The van der Waals surface area contributed by atoms with Gasteiger partial charge in [-0.25, -0.2) is 12.7 Å². The Balaban J connectivity index is 1.55. The lowest BCUT2D eigenvalue weighted by Gasteiger charge is -2.31. The van der Waals surface area contributed by atoms with Gasteiger partial charge in [-0.2, -0.15) is 0 Å². The number of nitrogens with one attached hydrogen (secondary N) is 1. The van der Waals surface area contributed by atoms with Crippen molar-refractivity contribution >= 4 is 31.9 Å². The van der Waals surface area contributed by atoms with Crippen molar-refractivity contribution in [1.29, 1.82) is 0 Å². The van der Waals surface area contributed by atoms with E-state index in [9.17, 15) is 13.2 Å². The minimum atomic E-state index is -3.39. The number of hydrogen-bond acceptors (Lipinski definition) is 3. The number of rotatable bonds is 6. The molecule has 0 bridgehead atoms. The van der Waals surface area contributed by atoms with Crippen LogP contribution in [0.1, 0.15) is 48.1 Å². The smallest absolute Gasteiger partial charge is 0.223 e. The molecule has 0 aliphatic carbocycles. The molecule has 30 heavy (non-hydrogen) atoms. The monoisotopic (exact) mass is 492 g/mol. The van der Waals surface area contributed by atoms with Crippen molar-refractivity contribution in [3.63, 3.8) is 0 Å². The molecule has 7 heteroatoms. The number of carbonyl (C=O) groups excluding carboxylic acids is 1. The van der Waals surface area contributed by atoms with E-state index in [-0.39, 0.29) is 23.6 Å². The molecule has 1 N–H and O–H groups in total. The SMILES string of the molecule is Cc1ccc([C@H](C)NC(=O)C2CCN(S(=O)(=O)Cc3ccc(Br)cc3)CC2)c(C)c1. The summed E-state index contributed by atoms with van der Waals surface area (Å²) < 4.78 is 28.0. The zero-order valence-electron chi connectivity index (χ0n) is 17.7. The zero-order valence-corrected chi connectivity index (χ0v) is 20.1. The third-order valence-corrected chi connectivity index (χ3v) is 8.11. The quantitative estimate of drug-likeness (QED) is 0.645. The standard InChI is InChI=1S/C23H29BrN2O3S/c1-16-4-9-22(17(2)14-16)18(3)25-23(27)20-10-12-26(13-11-20)30(28,29)15-19-5-7-21(24)8-6-19/h4-9,14,18,20H,10-13,15H2,1-3H3,(H,25,27)/t18-/m0/s1. The van der Waals surface area contributed by atoms with Crippen molar-refractivity contribution in [3.05, 3.63) is 69.2 Å². The van der Waals surface area contributed by atoms with Gasteiger partial charge in [0.1, 0.15) is 0 Å². The maximum Gasteiger partial charge on any atom is 0.223 e. The minimum absolute atomic E-state index is 0.00688. The van der Waals surface area contributed by atoms with E-state index in [1.165, 1.54) is 9.87 Å². The molecule has 0 saturated carbocycles. The van der Waals surface area contributed by atoms with Gasteiger partial charge in [-0.05, 0) is 62.4 Å². The number of nitrogens with zero attached hydrogens (tertiary/aromatic N) is 1. The number of hydrogen-bond donors (Lipinski definition) is 1. The predicted molar refractivity (Wildman–Crippen MR) is 124 cm³/mol. The first-order chi connectivity index (χ1) is 14.2. The van der Waals surface area contributed by atoms with Crippen molar-refractivity contribution in [2.24, 2.45) is 5.92 Å². The van der Waals surface area contributed by atoms with Crippen LogP contribution in [-0.4, -0.2) is 31.7 Å². The Labute approximate surface area is 188 Å². The molecular weight excluding hydrogens is 464 g/mol. The number of aryl methyl sites for hydroxylation is 2. The maximum atomic E-state index is 12.8. The normalized spacial score (nSPS) is 16.9. The summed E-state index contributed by atoms with van der Waals surface area (Å²) in [4.78, 5) is 12.8. The van der Waals surface area contributed by atoms with Crippen LogP contribution in [0.4, 0.5) is 0 Å². The molecule has 1 fully saturated rings. The Bertz CT molecular complexity index is 998. The summed E-state index contributed by atoms with van der Waals surface area (Å²) in [7, 11) is -3.39. The summed E-state index contributed by atoms with van der Waals surface area (Å²) in [6.45, 7) is 6.87. The van der Waals surface area contributed by atoms with Crippen LogP contribution in [0.5, 0.6) is 0 Å². The van der Waals surface area contributed by atoms with Gasteiger partial charge in [-0.15, -0.1) is 0 Å². The van der Waals surface area contributed by atoms with Crippen molar-refractivity contribution < 1.29 is 13.2 Å². The fourth-order valence-electron chi connectivity index (χ4n) is 4.00. The molecule has 3 rings (SSSR count). The van der Waals surface area contributed by atoms with Crippen LogP contribution in [0.25, 0.3) is 0 Å². The summed E-state index contributed by atoms with van der Waals surface area (Å²) in [5.74, 6) is -0.161. The van der Waals surface area contributed by atoms with Crippen molar-refractivity contribution in [1.82, 2.24) is 9.62 Å². The van der Waals surface area contributed by atoms with Crippen molar-refractivity contribution in [2.45, 2.75) is 45.4 Å². The Morgan fingerprint density at radius 2 is 1.77 bits per heavy atom. The molecule has 5 nitrogen and oxygen atoms in total. The van der Waals surface area contributed by atoms with E-state index < -0.39 is 10.0 Å². The summed E-state index contributed by atoms with van der Waals surface area (Å²) in [5, 5.41) is 3.11. The molecule has 2 aromatic rings. The topological polar surface area (TPSA) is 66.5 Å². The van der Waals surface area contributed by atoms with Gasteiger partial charge in [0.2, 0.25) is 15.9 Å². The molecule has 0 aromatic heterocycles. The summed E-state index contributed by atoms with van der Waals surface area (Å²) in [6, 6.07) is 13.5. The molecule has 1 heterocycles. The van der Waals surface area contributed by atoms with Gasteiger partial charge < -0.3 is 5.32 Å². The fraction of sp³-hybridized carbons (Fsp3) is 0.435. The predicted octanol–water partition coefficient (Wildman–Crippen LogP) is 4.49. The highest BCUT2D eigenvalue weighted by atomic mass is 79.9. The zero-order chi connectivity index (χ0) is 21.9. The largest absolute Gasteiger partial charge is 0.349 e. The van der Waals surface area contributed by atoms with Crippen LogP contribution in [0, 0.1) is 19.8 Å². The fourth-order valence-corrected chi connectivity index (χ4v) is 5.83. The second kappa shape index (κ2) is 9.62. The van der Waals surface area contributed by atoms with Crippen molar-refractivity contribution in [2.75, 3.05) is 13.1 Å². The number of sulfonamides is 1. The van der Waals surface area contributed by atoms with Crippen LogP contribution >= 0.6 is 15.9 Å². The molecule has 1 saturated heterocycles. The van der Waals surface area contributed by atoms with Gasteiger partial charge in [-0.3, -0.25) is 4.79 Å². The van der Waals surface area contributed by atoms with E-state index in [1.807, 2.05) is 31.2 Å².